The van der Waals surface area contributed by atoms with Gasteiger partial charge in [0.1, 0.15) is 17.5 Å². The van der Waals surface area contributed by atoms with E-state index in [1.807, 2.05) is 11.8 Å². The quantitative estimate of drug-likeness (QED) is 0.848. The topological polar surface area (TPSA) is 54.0 Å². The van der Waals surface area contributed by atoms with Crippen LogP contribution in [0.5, 0.6) is 11.5 Å². The fourth-order valence-electron chi connectivity index (χ4n) is 2.83. The summed E-state index contributed by atoms with van der Waals surface area (Å²) in [6.45, 7) is 8.39. The first-order valence-corrected chi connectivity index (χ1v) is 8.57. The molecule has 1 aromatic rings. The summed E-state index contributed by atoms with van der Waals surface area (Å²) in [7, 11) is 3.13. The minimum atomic E-state index is -0.364. The lowest BCUT2D eigenvalue weighted by Crippen LogP contribution is -2.52. The Morgan fingerprint density at radius 3 is 2.38 bits per heavy atom. The highest BCUT2D eigenvalue weighted by Gasteiger charge is 2.25. The summed E-state index contributed by atoms with van der Waals surface area (Å²) in [5.41, 5.74) is 0.677. The van der Waals surface area contributed by atoms with Gasteiger partial charge in [0.2, 0.25) is 5.91 Å². The van der Waals surface area contributed by atoms with Crippen molar-refractivity contribution in [1.82, 2.24) is 9.80 Å². The number of carbonyl (C=O) groups excluding carboxylic acids is 1. The van der Waals surface area contributed by atoms with Crippen molar-refractivity contribution in [3.05, 3.63) is 17.2 Å². The van der Waals surface area contributed by atoms with E-state index in [0.717, 1.165) is 32.7 Å². The van der Waals surface area contributed by atoms with Crippen LogP contribution in [0.1, 0.15) is 13.8 Å². The van der Waals surface area contributed by atoms with E-state index in [0.29, 0.717) is 22.2 Å². The van der Waals surface area contributed by atoms with E-state index in [1.54, 1.807) is 26.4 Å². The van der Waals surface area contributed by atoms with Gasteiger partial charge in [-0.2, -0.15) is 0 Å². The minimum absolute atomic E-state index is 0.0831. The van der Waals surface area contributed by atoms with E-state index >= 15 is 0 Å². The summed E-state index contributed by atoms with van der Waals surface area (Å²) >= 11 is 6.18. The van der Waals surface area contributed by atoms with E-state index in [2.05, 4.69) is 17.1 Å². The van der Waals surface area contributed by atoms with Gasteiger partial charge in [-0.1, -0.05) is 18.5 Å². The predicted molar refractivity (Wildman–Crippen MR) is 96.3 cm³/mol. The first-order chi connectivity index (χ1) is 11.5. The molecule has 1 fully saturated rings. The van der Waals surface area contributed by atoms with Gasteiger partial charge in [0.05, 0.1) is 24.9 Å². The Hall–Kier alpha value is -1.66. The van der Waals surface area contributed by atoms with Crippen molar-refractivity contribution in [1.29, 1.82) is 0 Å². The summed E-state index contributed by atoms with van der Waals surface area (Å²) in [6.07, 6.45) is 0. The SMILES string of the molecule is CCN1CCN(C(=O)C(C)Nc2cc(Cl)c(OC)cc2OC)CC1. The van der Waals surface area contributed by atoms with Crippen LogP contribution in [0, 0.1) is 0 Å². The molecule has 134 valence electrons. The molecule has 1 aromatic carbocycles. The molecule has 1 unspecified atom stereocenters. The Kier molecular flexibility index (Phi) is 6.57. The van der Waals surface area contributed by atoms with Crippen molar-refractivity contribution in [2.75, 3.05) is 52.3 Å². The summed E-state index contributed by atoms with van der Waals surface area (Å²) < 4.78 is 10.6. The highest BCUT2D eigenvalue weighted by atomic mass is 35.5. The van der Waals surface area contributed by atoms with Crippen LogP contribution < -0.4 is 14.8 Å². The number of hydrogen-bond acceptors (Lipinski definition) is 5. The lowest BCUT2D eigenvalue weighted by molar-refractivity contribution is -0.133. The van der Waals surface area contributed by atoms with Crippen molar-refractivity contribution in [2.24, 2.45) is 0 Å². The van der Waals surface area contributed by atoms with Crippen molar-refractivity contribution in [3.63, 3.8) is 0 Å². The zero-order chi connectivity index (χ0) is 17.7. The summed E-state index contributed by atoms with van der Waals surface area (Å²) in [4.78, 5) is 16.9. The average Bonchev–Trinajstić information content (AvgIpc) is 2.61. The molecule has 1 heterocycles. The maximum absolute atomic E-state index is 12.7. The van der Waals surface area contributed by atoms with E-state index in [1.165, 1.54) is 0 Å². The Labute approximate surface area is 148 Å². The Morgan fingerprint density at radius 1 is 1.21 bits per heavy atom. The van der Waals surface area contributed by atoms with Crippen LogP contribution in [-0.4, -0.2) is 68.7 Å². The van der Waals surface area contributed by atoms with E-state index in [-0.39, 0.29) is 11.9 Å². The maximum atomic E-state index is 12.7. The number of nitrogens with zero attached hydrogens (tertiary/aromatic N) is 2. The number of anilines is 1. The molecule has 0 radical (unpaired) electrons. The third kappa shape index (κ3) is 4.24. The van der Waals surface area contributed by atoms with Crippen LogP contribution in [0.3, 0.4) is 0 Å². The van der Waals surface area contributed by atoms with Crippen molar-refractivity contribution in [3.8, 4) is 11.5 Å². The Bertz CT molecular complexity index is 574. The van der Waals surface area contributed by atoms with Crippen LogP contribution in [0.4, 0.5) is 5.69 Å². The number of carbonyl (C=O) groups is 1. The number of halogens is 1. The molecule has 1 amide bonds. The molecule has 0 aliphatic carbocycles. The number of piperazine rings is 1. The molecule has 7 heteroatoms. The fraction of sp³-hybridized carbons (Fsp3) is 0.588. The monoisotopic (exact) mass is 355 g/mol. The Balaban J connectivity index is 2.05. The maximum Gasteiger partial charge on any atom is 0.244 e. The van der Waals surface area contributed by atoms with Gasteiger partial charge in [0.15, 0.2) is 0 Å². The number of hydrogen-bond donors (Lipinski definition) is 1. The average molecular weight is 356 g/mol. The fourth-order valence-corrected chi connectivity index (χ4v) is 3.07. The minimum Gasteiger partial charge on any atom is -0.495 e. The number of amides is 1. The number of rotatable bonds is 6. The second-order valence-corrected chi connectivity index (χ2v) is 6.22. The second-order valence-electron chi connectivity index (χ2n) is 5.81. The van der Waals surface area contributed by atoms with E-state index in [9.17, 15) is 4.79 Å². The highest BCUT2D eigenvalue weighted by Crippen LogP contribution is 2.36. The van der Waals surface area contributed by atoms with Crippen molar-refractivity contribution >= 4 is 23.2 Å². The van der Waals surface area contributed by atoms with Gasteiger partial charge >= 0.3 is 0 Å². The van der Waals surface area contributed by atoms with Crippen LogP contribution in [-0.2, 0) is 4.79 Å². The van der Waals surface area contributed by atoms with Crippen LogP contribution in [0.2, 0.25) is 5.02 Å². The van der Waals surface area contributed by atoms with Gasteiger partial charge in [-0.05, 0) is 19.5 Å². The van der Waals surface area contributed by atoms with Crippen LogP contribution in [0.15, 0.2) is 12.1 Å². The van der Waals surface area contributed by atoms with E-state index < -0.39 is 0 Å². The number of ether oxygens (including phenoxy) is 2. The highest BCUT2D eigenvalue weighted by molar-refractivity contribution is 6.32. The molecule has 0 bridgehead atoms. The first kappa shape index (κ1) is 18.7. The van der Waals surface area contributed by atoms with Gasteiger partial charge < -0.3 is 24.6 Å². The summed E-state index contributed by atoms with van der Waals surface area (Å²) in [5, 5.41) is 3.68. The lowest BCUT2D eigenvalue weighted by atomic mass is 10.2. The lowest BCUT2D eigenvalue weighted by Gasteiger charge is -2.35. The van der Waals surface area contributed by atoms with E-state index in [4.69, 9.17) is 21.1 Å². The molecule has 6 nitrogen and oxygen atoms in total. The molecule has 1 aliphatic heterocycles. The van der Waals surface area contributed by atoms with Gasteiger partial charge in [0.25, 0.3) is 0 Å². The summed E-state index contributed by atoms with van der Waals surface area (Å²) in [6, 6.07) is 3.07. The predicted octanol–water partition coefficient (Wildman–Crippen LogP) is 2.32. The molecule has 2 rings (SSSR count). The molecular weight excluding hydrogens is 330 g/mol. The Morgan fingerprint density at radius 2 is 1.83 bits per heavy atom. The molecule has 24 heavy (non-hydrogen) atoms. The van der Waals surface area contributed by atoms with Gasteiger partial charge in [-0.3, -0.25) is 4.79 Å². The molecule has 0 aromatic heterocycles. The zero-order valence-corrected chi connectivity index (χ0v) is 15.5. The molecule has 1 saturated heterocycles. The van der Waals surface area contributed by atoms with Crippen molar-refractivity contribution < 1.29 is 14.3 Å². The largest absolute Gasteiger partial charge is 0.495 e. The third-order valence-corrected chi connectivity index (χ3v) is 4.64. The molecule has 0 spiro atoms. The third-order valence-electron chi connectivity index (χ3n) is 4.35. The zero-order valence-electron chi connectivity index (χ0n) is 14.8. The molecule has 1 N–H and O–H groups in total. The molecule has 1 atom stereocenters. The molecular formula is C17H26ClN3O3. The number of nitrogens with one attached hydrogen (secondary N) is 1. The first-order valence-electron chi connectivity index (χ1n) is 8.19. The smallest absolute Gasteiger partial charge is 0.244 e. The number of benzene rings is 1. The van der Waals surface area contributed by atoms with Crippen LogP contribution >= 0.6 is 11.6 Å². The van der Waals surface area contributed by atoms with Gasteiger partial charge in [-0.25, -0.2) is 0 Å². The number of likely N-dealkylation sites (N-methyl/N-ethyl adjacent to an activating group) is 1. The molecule has 1 aliphatic rings. The second kappa shape index (κ2) is 8.44. The van der Waals surface area contributed by atoms with Gasteiger partial charge in [-0.15, -0.1) is 0 Å². The number of methoxy groups -OCH3 is 2. The molecule has 0 saturated carbocycles. The normalized spacial score (nSPS) is 16.6. The van der Waals surface area contributed by atoms with Gasteiger partial charge in [0, 0.05) is 32.2 Å². The standard InChI is InChI=1S/C17H26ClN3O3/c1-5-20-6-8-21(9-7-20)17(22)12(2)19-14-10-13(18)15(23-3)11-16(14)24-4/h10-12,19H,5-9H2,1-4H3. The van der Waals surface area contributed by atoms with Crippen LogP contribution in [0.25, 0.3) is 0 Å². The van der Waals surface area contributed by atoms with Crippen molar-refractivity contribution in [2.45, 2.75) is 19.9 Å². The summed E-state index contributed by atoms with van der Waals surface area (Å²) in [5.74, 6) is 1.21.